The minimum Gasteiger partial charge on any atom is -0.313 e. The second-order valence-electron chi connectivity index (χ2n) is 5.28. The van der Waals surface area contributed by atoms with Gasteiger partial charge in [-0.05, 0) is 43.1 Å². The molecule has 0 heterocycles. The van der Waals surface area contributed by atoms with Gasteiger partial charge in [-0.1, -0.05) is 59.6 Å². The molecule has 1 fully saturated rings. The SMILES string of the molecule is CNC(CC1CCCCC1)c1cc(Cl)cc(Br)c1. The fraction of sp³-hybridized carbons (Fsp3) is 0.600. The third kappa shape index (κ3) is 3.97. The second kappa shape index (κ2) is 6.93. The van der Waals surface area contributed by atoms with Crippen LogP contribution in [0, 0.1) is 5.92 Å². The molecule has 1 atom stereocenters. The van der Waals surface area contributed by atoms with Gasteiger partial charge in [0.1, 0.15) is 0 Å². The van der Waals surface area contributed by atoms with Crippen LogP contribution in [0.25, 0.3) is 0 Å². The molecule has 0 amide bonds. The Balaban J connectivity index is 2.06. The number of benzene rings is 1. The zero-order valence-corrected chi connectivity index (χ0v) is 13.2. The fourth-order valence-electron chi connectivity index (χ4n) is 2.95. The first-order valence-electron chi connectivity index (χ1n) is 6.82. The molecule has 1 aliphatic carbocycles. The van der Waals surface area contributed by atoms with Gasteiger partial charge in [0, 0.05) is 15.5 Å². The van der Waals surface area contributed by atoms with Crippen molar-refractivity contribution in [3.63, 3.8) is 0 Å². The summed E-state index contributed by atoms with van der Waals surface area (Å²) in [5.41, 5.74) is 1.29. The van der Waals surface area contributed by atoms with Crippen molar-refractivity contribution in [2.45, 2.75) is 44.6 Å². The van der Waals surface area contributed by atoms with Crippen molar-refractivity contribution in [2.24, 2.45) is 5.92 Å². The summed E-state index contributed by atoms with van der Waals surface area (Å²) in [7, 11) is 2.04. The number of nitrogens with one attached hydrogen (secondary N) is 1. The van der Waals surface area contributed by atoms with Crippen molar-refractivity contribution >= 4 is 27.5 Å². The quantitative estimate of drug-likeness (QED) is 0.786. The molecule has 1 nitrogen and oxygen atoms in total. The summed E-state index contributed by atoms with van der Waals surface area (Å²) in [5, 5.41) is 4.25. The molecule has 0 aromatic heterocycles. The Morgan fingerprint density at radius 3 is 2.61 bits per heavy atom. The van der Waals surface area contributed by atoms with E-state index >= 15 is 0 Å². The van der Waals surface area contributed by atoms with Crippen molar-refractivity contribution in [1.29, 1.82) is 0 Å². The van der Waals surface area contributed by atoms with Gasteiger partial charge < -0.3 is 5.32 Å². The monoisotopic (exact) mass is 329 g/mol. The molecule has 0 spiro atoms. The summed E-state index contributed by atoms with van der Waals surface area (Å²) in [4.78, 5) is 0. The highest BCUT2D eigenvalue weighted by molar-refractivity contribution is 9.10. The van der Waals surface area contributed by atoms with E-state index in [2.05, 4.69) is 33.4 Å². The van der Waals surface area contributed by atoms with E-state index in [-0.39, 0.29) is 0 Å². The molecule has 1 aromatic carbocycles. The van der Waals surface area contributed by atoms with Gasteiger partial charge >= 0.3 is 0 Å². The van der Waals surface area contributed by atoms with Crippen LogP contribution in [0.3, 0.4) is 0 Å². The Bertz CT molecular complexity index is 368. The molecule has 1 N–H and O–H groups in total. The highest BCUT2D eigenvalue weighted by Crippen LogP contribution is 2.33. The van der Waals surface area contributed by atoms with Crippen LogP contribution in [0.2, 0.25) is 5.02 Å². The number of hydrogen-bond acceptors (Lipinski definition) is 1. The van der Waals surface area contributed by atoms with E-state index in [1.165, 1.54) is 44.1 Å². The normalized spacial score (nSPS) is 18.8. The molecule has 3 heteroatoms. The molecule has 0 radical (unpaired) electrons. The van der Waals surface area contributed by atoms with Crippen LogP contribution in [-0.4, -0.2) is 7.05 Å². The van der Waals surface area contributed by atoms with E-state index in [1.54, 1.807) is 0 Å². The Morgan fingerprint density at radius 1 is 1.28 bits per heavy atom. The van der Waals surface area contributed by atoms with Crippen molar-refractivity contribution in [1.82, 2.24) is 5.32 Å². The van der Waals surface area contributed by atoms with Crippen molar-refractivity contribution < 1.29 is 0 Å². The second-order valence-corrected chi connectivity index (χ2v) is 6.64. The smallest absolute Gasteiger partial charge is 0.0420 e. The fourth-order valence-corrected chi connectivity index (χ4v) is 3.84. The summed E-state index contributed by atoms with van der Waals surface area (Å²) in [6, 6.07) is 6.62. The van der Waals surface area contributed by atoms with Crippen LogP contribution in [0.5, 0.6) is 0 Å². The average Bonchev–Trinajstić information content (AvgIpc) is 2.36. The van der Waals surface area contributed by atoms with Crippen LogP contribution in [-0.2, 0) is 0 Å². The predicted molar refractivity (Wildman–Crippen MR) is 82.1 cm³/mol. The van der Waals surface area contributed by atoms with E-state index in [9.17, 15) is 0 Å². The molecule has 2 rings (SSSR count). The van der Waals surface area contributed by atoms with Crippen LogP contribution >= 0.6 is 27.5 Å². The maximum absolute atomic E-state index is 6.14. The largest absolute Gasteiger partial charge is 0.313 e. The van der Waals surface area contributed by atoms with E-state index in [1.807, 2.05) is 13.1 Å². The maximum atomic E-state index is 6.14. The van der Waals surface area contributed by atoms with E-state index in [0.717, 1.165) is 15.4 Å². The lowest BCUT2D eigenvalue weighted by atomic mass is 9.83. The van der Waals surface area contributed by atoms with Gasteiger partial charge in [-0.25, -0.2) is 0 Å². The Hall–Kier alpha value is -0.0500. The lowest BCUT2D eigenvalue weighted by molar-refractivity contribution is 0.306. The summed E-state index contributed by atoms with van der Waals surface area (Å²) >= 11 is 9.66. The molecule has 1 aliphatic rings. The number of halogens is 2. The third-order valence-corrected chi connectivity index (χ3v) is 4.61. The van der Waals surface area contributed by atoms with Gasteiger partial charge in [-0.2, -0.15) is 0 Å². The molecule has 0 aliphatic heterocycles. The van der Waals surface area contributed by atoms with Crippen molar-refractivity contribution in [3.05, 3.63) is 33.3 Å². The van der Waals surface area contributed by atoms with Crippen molar-refractivity contribution in [3.8, 4) is 0 Å². The molecule has 1 aromatic rings. The zero-order chi connectivity index (χ0) is 13.0. The number of hydrogen-bond donors (Lipinski definition) is 1. The molecule has 0 saturated heterocycles. The molecular formula is C15H21BrClN. The summed E-state index contributed by atoms with van der Waals surface area (Å²) < 4.78 is 1.06. The Labute approximate surface area is 123 Å². The van der Waals surface area contributed by atoms with Crippen molar-refractivity contribution in [2.75, 3.05) is 7.05 Å². The zero-order valence-electron chi connectivity index (χ0n) is 10.9. The Morgan fingerprint density at radius 2 is 2.00 bits per heavy atom. The van der Waals surface area contributed by atoms with E-state index in [0.29, 0.717) is 6.04 Å². The third-order valence-electron chi connectivity index (χ3n) is 3.93. The minimum atomic E-state index is 0.420. The molecule has 100 valence electrons. The molecule has 1 saturated carbocycles. The first kappa shape index (κ1) is 14.4. The summed E-state index contributed by atoms with van der Waals surface area (Å²) in [6.45, 7) is 0. The first-order valence-corrected chi connectivity index (χ1v) is 7.99. The molecule has 0 bridgehead atoms. The van der Waals surface area contributed by atoms with Gasteiger partial charge in [-0.15, -0.1) is 0 Å². The summed E-state index contributed by atoms with van der Waals surface area (Å²) in [6.07, 6.45) is 8.23. The van der Waals surface area contributed by atoms with E-state index < -0.39 is 0 Å². The highest BCUT2D eigenvalue weighted by atomic mass is 79.9. The van der Waals surface area contributed by atoms with Gasteiger partial charge in [0.05, 0.1) is 0 Å². The van der Waals surface area contributed by atoms with Crippen LogP contribution in [0.15, 0.2) is 22.7 Å². The number of rotatable bonds is 4. The lowest BCUT2D eigenvalue weighted by Gasteiger charge is -2.26. The van der Waals surface area contributed by atoms with Gasteiger partial charge in [0.15, 0.2) is 0 Å². The topological polar surface area (TPSA) is 12.0 Å². The standard InChI is InChI=1S/C15H21BrClN/c1-18-15(7-11-5-3-2-4-6-11)12-8-13(16)10-14(17)9-12/h8-11,15,18H,2-7H2,1H3. The van der Waals surface area contributed by atoms with Crippen LogP contribution in [0.1, 0.15) is 50.1 Å². The van der Waals surface area contributed by atoms with Gasteiger partial charge in [-0.3, -0.25) is 0 Å². The van der Waals surface area contributed by atoms with Crippen LogP contribution in [0.4, 0.5) is 0 Å². The first-order chi connectivity index (χ1) is 8.69. The molecular weight excluding hydrogens is 310 g/mol. The summed E-state index contributed by atoms with van der Waals surface area (Å²) in [5.74, 6) is 0.869. The minimum absolute atomic E-state index is 0.420. The van der Waals surface area contributed by atoms with Gasteiger partial charge in [0.2, 0.25) is 0 Å². The lowest BCUT2D eigenvalue weighted by Crippen LogP contribution is -2.21. The maximum Gasteiger partial charge on any atom is 0.0420 e. The Kier molecular flexibility index (Phi) is 5.53. The van der Waals surface area contributed by atoms with Crippen LogP contribution < -0.4 is 5.32 Å². The average molecular weight is 331 g/mol. The predicted octanol–water partition coefficient (Wildman–Crippen LogP) is 5.33. The molecule has 18 heavy (non-hydrogen) atoms. The highest BCUT2D eigenvalue weighted by Gasteiger charge is 2.19. The molecule has 1 unspecified atom stereocenters. The van der Waals surface area contributed by atoms with E-state index in [4.69, 9.17) is 11.6 Å². The van der Waals surface area contributed by atoms with Gasteiger partial charge in [0.25, 0.3) is 0 Å².